The number of anilines is 1. The fourth-order valence-electron chi connectivity index (χ4n) is 4.01. The van der Waals surface area contributed by atoms with Gasteiger partial charge in [0, 0.05) is 44.6 Å². The predicted molar refractivity (Wildman–Crippen MR) is 123 cm³/mol. The largest absolute Gasteiger partial charge is 0.336 e. The summed E-state index contributed by atoms with van der Waals surface area (Å²) in [6.07, 6.45) is 5.92. The summed E-state index contributed by atoms with van der Waals surface area (Å²) >= 11 is 0. The highest BCUT2D eigenvalue weighted by Crippen LogP contribution is 2.20. The molecule has 0 spiro atoms. The Morgan fingerprint density at radius 3 is 2.59 bits per heavy atom. The van der Waals surface area contributed by atoms with Crippen LogP contribution in [0.25, 0.3) is 0 Å². The number of nitrogens with one attached hydrogen (secondary N) is 1. The number of sulfonamides is 1. The fourth-order valence-corrected chi connectivity index (χ4v) is 4.99. The van der Waals surface area contributed by atoms with E-state index in [0.717, 1.165) is 17.7 Å². The molecule has 0 aliphatic carbocycles. The van der Waals surface area contributed by atoms with Gasteiger partial charge in [-0.15, -0.1) is 4.40 Å². The number of allylic oxidation sites excluding steroid dienone is 2. The van der Waals surface area contributed by atoms with Crippen LogP contribution in [-0.4, -0.2) is 85.8 Å². The first-order valence-corrected chi connectivity index (χ1v) is 12.3. The summed E-state index contributed by atoms with van der Waals surface area (Å²) in [6, 6.07) is 7.75. The molecule has 1 aromatic carbocycles. The van der Waals surface area contributed by atoms with Crippen LogP contribution in [0.15, 0.2) is 52.6 Å². The molecule has 170 valence electrons. The van der Waals surface area contributed by atoms with E-state index in [1.807, 2.05) is 36.1 Å². The van der Waals surface area contributed by atoms with E-state index in [1.54, 1.807) is 28.2 Å². The third-order valence-electron chi connectivity index (χ3n) is 5.79. The maximum Gasteiger partial charge on any atom is 0.257 e. The quantitative estimate of drug-likeness (QED) is 0.703. The summed E-state index contributed by atoms with van der Waals surface area (Å²) in [6.45, 7) is 4.62. The van der Waals surface area contributed by atoms with Crippen molar-refractivity contribution in [1.82, 2.24) is 14.7 Å². The number of nitrogens with zero attached hydrogens (tertiary/aromatic N) is 4. The van der Waals surface area contributed by atoms with Crippen LogP contribution in [0.4, 0.5) is 5.69 Å². The number of piperazine rings is 1. The number of para-hydroxylation sites is 1. The molecule has 1 fully saturated rings. The van der Waals surface area contributed by atoms with Gasteiger partial charge in [0.15, 0.2) is 5.84 Å². The Morgan fingerprint density at radius 1 is 1.09 bits per heavy atom. The molecule has 0 atom stereocenters. The van der Waals surface area contributed by atoms with Gasteiger partial charge in [-0.05, 0) is 30.2 Å². The van der Waals surface area contributed by atoms with Crippen LogP contribution in [0.3, 0.4) is 0 Å². The van der Waals surface area contributed by atoms with Gasteiger partial charge < -0.3 is 15.1 Å². The van der Waals surface area contributed by atoms with E-state index in [0.29, 0.717) is 26.2 Å². The van der Waals surface area contributed by atoms with Gasteiger partial charge in [0.2, 0.25) is 5.91 Å². The van der Waals surface area contributed by atoms with E-state index in [9.17, 15) is 18.0 Å². The van der Waals surface area contributed by atoms with Crippen LogP contribution < -0.4 is 5.32 Å². The SMILES string of the molecule is CCc1ccccc1NC(=O)CN1CCN(C(=O)C2=CC=CN3CCS(=O)(=O)N=C23)CC1. The Hall–Kier alpha value is -2.98. The molecule has 1 N–H and O–H groups in total. The van der Waals surface area contributed by atoms with Crippen LogP contribution in [0.1, 0.15) is 12.5 Å². The third kappa shape index (κ3) is 4.91. The normalized spacial score (nSPS) is 20.3. The summed E-state index contributed by atoms with van der Waals surface area (Å²) in [5.41, 5.74) is 2.21. The zero-order valence-electron chi connectivity index (χ0n) is 18.0. The molecular formula is C22H27N5O4S. The summed E-state index contributed by atoms with van der Waals surface area (Å²) in [4.78, 5) is 31.0. The second-order valence-electron chi connectivity index (χ2n) is 7.94. The van der Waals surface area contributed by atoms with Gasteiger partial charge >= 0.3 is 0 Å². The molecule has 10 heteroatoms. The second-order valence-corrected chi connectivity index (χ2v) is 9.70. The second kappa shape index (κ2) is 9.25. The number of benzene rings is 1. The minimum Gasteiger partial charge on any atom is -0.336 e. The number of carbonyl (C=O) groups excluding carboxylic acids is 2. The zero-order chi connectivity index (χ0) is 22.7. The zero-order valence-corrected chi connectivity index (χ0v) is 18.8. The van der Waals surface area contributed by atoms with Gasteiger partial charge in [0.05, 0.1) is 17.9 Å². The molecule has 9 nitrogen and oxygen atoms in total. The highest BCUT2D eigenvalue weighted by Gasteiger charge is 2.33. The predicted octanol–water partition coefficient (Wildman–Crippen LogP) is 0.829. The number of fused-ring (bicyclic) bond motifs is 1. The smallest absolute Gasteiger partial charge is 0.257 e. The molecule has 32 heavy (non-hydrogen) atoms. The van der Waals surface area contributed by atoms with E-state index in [2.05, 4.69) is 9.71 Å². The summed E-state index contributed by atoms with van der Waals surface area (Å²) < 4.78 is 27.7. The van der Waals surface area contributed by atoms with Gasteiger partial charge in [0.25, 0.3) is 15.9 Å². The first-order valence-electron chi connectivity index (χ1n) is 10.7. The monoisotopic (exact) mass is 457 g/mol. The van der Waals surface area contributed by atoms with Gasteiger partial charge in [0.1, 0.15) is 0 Å². The molecule has 1 saturated heterocycles. The van der Waals surface area contributed by atoms with E-state index in [1.165, 1.54) is 0 Å². The van der Waals surface area contributed by atoms with Crippen molar-refractivity contribution < 1.29 is 18.0 Å². The van der Waals surface area contributed by atoms with Crippen molar-refractivity contribution in [3.63, 3.8) is 0 Å². The molecule has 3 aliphatic heterocycles. The first-order chi connectivity index (χ1) is 15.4. The summed E-state index contributed by atoms with van der Waals surface area (Å²) in [5.74, 6) is -0.189. The molecule has 2 amide bonds. The maximum atomic E-state index is 13.1. The van der Waals surface area contributed by atoms with Crippen LogP contribution in [-0.2, 0) is 26.0 Å². The number of carbonyl (C=O) groups is 2. The molecule has 1 aromatic rings. The van der Waals surface area contributed by atoms with Crippen molar-refractivity contribution >= 4 is 33.4 Å². The van der Waals surface area contributed by atoms with Gasteiger partial charge in [-0.3, -0.25) is 14.5 Å². The number of aryl methyl sites for hydroxylation is 1. The number of amides is 2. The highest BCUT2D eigenvalue weighted by atomic mass is 32.2. The highest BCUT2D eigenvalue weighted by molar-refractivity contribution is 7.90. The molecule has 3 aliphatic rings. The molecular weight excluding hydrogens is 430 g/mol. The lowest BCUT2D eigenvalue weighted by Crippen LogP contribution is -2.52. The van der Waals surface area contributed by atoms with Crippen molar-refractivity contribution in [2.45, 2.75) is 13.3 Å². The molecule has 0 radical (unpaired) electrons. The van der Waals surface area contributed by atoms with E-state index >= 15 is 0 Å². The van der Waals surface area contributed by atoms with E-state index in [4.69, 9.17) is 0 Å². The van der Waals surface area contributed by atoms with Crippen molar-refractivity contribution in [2.75, 3.05) is 50.3 Å². The molecule has 4 rings (SSSR count). The molecule has 0 unspecified atom stereocenters. The molecule has 0 saturated carbocycles. The van der Waals surface area contributed by atoms with Crippen LogP contribution in [0.2, 0.25) is 0 Å². The van der Waals surface area contributed by atoms with Crippen molar-refractivity contribution in [2.24, 2.45) is 4.40 Å². The lowest BCUT2D eigenvalue weighted by atomic mass is 10.1. The average molecular weight is 458 g/mol. The maximum absolute atomic E-state index is 13.1. The average Bonchev–Trinajstić information content (AvgIpc) is 2.78. The Kier molecular flexibility index (Phi) is 6.43. The lowest BCUT2D eigenvalue weighted by molar-refractivity contribution is -0.128. The Bertz CT molecular complexity index is 1100. The number of hydrogen-bond acceptors (Lipinski definition) is 6. The number of hydrogen-bond donors (Lipinski definition) is 1. The molecule has 3 heterocycles. The van der Waals surface area contributed by atoms with E-state index in [-0.39, 0.29) is 42.1 Å². The molecule has 0 bridgehead atoms. The first kappa shape index (κ1) is 22.2. The van der Waals surface area contributed by atoms with E-state index < -0.39 is 10.0 Å². The van der Waals surface area contributed by atoms with Crippen molar-refractivity contribution in [3.05, 3.63) is 53.8 Å². The molecule has 0 aromatic heterocycles. The van der Waals surface area contributed by atoms with Gasteiger partial charge in [-0.25, -0.2) is 8.42 Å². The van der Waals surface area contributed by atoms with Crippen LogP contribution in [0, 0.1) is 0 Å². The minimum atomic E-state index is -3.56. The number of rotatable bonds is 5. The minimum absolute atomic E-state index is 0.0637. The summed E-state index contributed by atoms with van der Waals surface area (Å²) in [7, 11) is -3.56. The summed E-state index contributed by atoms with van der Waals surface area (Å²) in [5, 5.41) is 2.98. The van der Waals surface area contributed by atoms with Crippen molar-refractivity contribution in [3.8, 4) is 0 Å². The third-order valence-corrected chi connectivity index (χ3v) is 6.94. The standard InChI is InChI=1S/C22H27N5O4S/c1-2-17-6-3-4-8-19(17)23-20(28)16-25-10-12-27(13-11-25)22(29)18-7-5-9-26-14-15-32(30,31)24-21(18)26/h3-9H,2,10-16H2,1H3,(H,23,28). The van der Waals surface area contributed by atoms with Gasteiger partial charge in [-0.1, -0.05) is 25.1 Å². The topological polar surface area (TPSA) is 102 Å². The Morgan fingerprint density at radius 2 is 1.84 bits per heavy atom. The van der Waals surface area contributed by atoms with Gasteiger partial charge in [-0.2, -0.15) is 0 Å². The van der Waals surface area contributed by atoms with Crippen molar-refractivity contribution in [1.29, 1.82) is 0 Å². The fraction of sp³-hybridized carbons (Fsp3) is 0.409. The lowest BCUT2D eigenvalue weighted by Gasteiger charge is -2.36. The Labute approximate surface area is 188 Å². The van der Waals surface area contributed by atoms with Crippen LogP contribution >= 0.6 is 0 Å². The Balaban J connectivity index is 1.34. The number of amidine groups is 1. The van der Waals surface area contributed by atoms with Crippen LogP contribution in [0.5, 0.6) is 0 Å².